The van der Waals surface area contributed by atoms with Crippen LogP contribution in [0.3, 0.4) is 0 Å². The summed E-state index contributed by atoms with van der Waals surface area (Å²) in [6, 6.07) is 10.2. The second kappa shape index (κ2) is 6.45. The Morgan fingerprint density at radius 3 is 3.04 bits per heavy atom. The lowest BCUT2D eigenvalue weighted by molar-refractivity contribution is -0.124. The van der Waals surface area contributed by atoms with Crippen LogP contribution in [0.5, 0.6) is 0 Å². The normalized spacial score (nSPS) is 12.8. The molecule has 0 aliphatic heterocycles. The summed E-state index contributed by atoms with van der Waals surface area (Å²) in [5.74, 6) is -0.609. The average Bonchev–Trinajstić information content (AvgIpc) is 3.20. The summed E-state index contributed by atoms with van der Waals surface area (Å²) in [7, 11) is 0. The fourth-order valence-electron chi connectivity index (χ4n) is 2.54. The van der Waals surface area contributed by atoms with Crippen LogP contribution in [0.4, 0.5) is 0 Å². The molecule has 1 unspecified atom stereocenters. The molecule has 0 fully saturated rings. The van der Waals surface area contributed by atoms with Crippen molar-refractivity contribution in [2.75, 3.05) is 0 Å². The highest BCUT2D eigenvalue weighted by Gasteiger charge is 2.15. The van der Waals surface area contributed by atoms with Crippen molar-refractivity contribution < 1.29 is 10.0 Å². The van der Waals surface area contributed by atoms with Crippen LogP contribution in [0.1, 0.15) is 30.8 Å². The van der Waals surface area contributed by atoms with Crippen LogP contribution < -0.4 is 5.48 Å². The van der Waals surface area contributed by atoms with Gasteiger partial charge in [-0.3, -0.25) is 10.0 Å². The van der Waals surface area contributed by atoms with Crippen molar-refractivity contribution in [3.63, 3.8) is 0 Å². The number of carbonyl (C=O) groups is 1. The molecule has 1 atom stereocenters. The van der Waals surface area contributed by atoms with Gasteiger partial charge in [0.05, 0.1) is 12.2 Å². The minimum atomic E-state index is -0.609. The number of benzene rings is 1. The van der Waals surface area contributed by atoms with Gasteiger partial charge in [0.2, 0.25) is 0 Å². The number of amides is 1. The van der Waals surface area contributed by atoms with Crippen LogP contribution in [0, 0.1) is 0 Å². The topological polar surface area (TPSA) is 95.8 Å². The summed E-state index contributed by atoms with van der Waals surface area (Å²) in [5, 5.41) is 17.8. The molecule has 0 saturated carbocycles. The van der Waals surface area contributed by atoms with Gasteiger partial charge in [-0.15, -0.1) is 5.10 Å². The molecule has 7 heteroatoms. The van der Waals surface area contributed by atoms with Gasteiger partial charge in [0.15, 0.2) is 0 Å². The van der Waals surface area contributed by atoms with Gasteiger partial charge in [-0.1, -0.05) is 30.3 Å². The Bertz CT molecular complexity index is 816. The third-order valence-corrected chi connectivity index (χ3v) is 3.66. The van der Waals surface area contributed by atoms with Gasteiger partial charge < -0.3 is 4.98 Å². The summed E-state index contributed by atoms with van der Waals surface area (Å²) in [6.45, 7) is 2.08. The van der Waals surface area contributed by atoms with E-state index in [1.807, 2.05) is 18.2 Å². The molecule has 2 aromatic heterocycles. The Morgan fingerprint density at radius 2 is 2.30 bits per heavy atom. The molecule has 0 radical (unpaired) electrons. The van der Waals surface area contributed by atoms with E-state index < -0.39 is 5.91 Å². The van der Waals surface area contributed by atoms with Crippen LogP contribution in [0.15, 0.2) is 42.6 Å². The standard InChI is InChI=1S/C16H17N5O2/c1-2-15(14-9-11-5-3-4-6-13(11)17-14)21-10-12(18-20-21)7-8-16(22)19-23/h3-10,15,17,23H,2H2,1H3,(H,19,22). The van der Waals surface area contributed by atoms with E-state index >= 15 is 0 Å². The number of hydrogen-bond acceptors (Lipinski definition) is 4. The maximum Gasteiger partial charge on any atom is 0.267 e. The molecule has 3 rings (SSSR count). The SMILES string of the molecule is CCC(c1cc2ccccc2[nH]1)n1cc(C=CC(=O)NO)nn1. The van der Waals surface area contributed by atoms with Crippen LogP contribution in [0.25, 0.3) is 17.0 Å². The fourth-order valence-corrected chi connectivity index (χ4v) is 2.54. The van der Waals surface area contributed by atoms with Crippen molar-refractivity contribution in [2.24, 2.45) is 0 Å². The minimum absolute atomic E-state index is 0.0312. The Balaban J connectivity index is 1.87. The Hall–Kier alpha value is -2.93. The number of nitrogens with one attached hydrogen (secondary N) is 2. The molecule has 0 bridgehead atoms. The van der Waals surface area contributed by atoms with Crippen molar-refractivity contribution in [1.82, 2.24) is 25.5 Å². The lowest BCUT2D eigenvalue weighted by Gasteiger charge is -2.12. The van der Waals surface area contributed by atoms with E-state index in [9.17, 15) is 4.79 Å². The molecule has 0 aliphatic rings. The maximum absolute atomic E-state index is 11.0. The second-order valence-electron chi connectivity index (χ2n) is 5.17. The highest BCUT2D eigenvalue weighted by Crippen LogP contribution is 2.24. The Labute approximate surface area is 132 Å². The van der Waals surface area contributed by atoms with Crippen LogP contribution >= 0.6 is 0 Å². The quantitative estimate of drug-likeness (QED) is 0.382. The predicted octanol–water partition coefficient (Wildman–Crippen LogP) is 2.28. The van der Waals surface area contributed by atoms with Crippen molar-refractivity contribution >= 4 is 22.9 Å². The first-order chi connectivity index (χ1) is 11.2. The first kappa shape index (κ1) is 15.0. The number of rotatable bonds is 5. The number of aromatic nitrogens is 4. The van der Waals surface area contributed by atoms with Gasteiger partial charge in [0.25, 0.3) is 5.91 Å². The molecule has 3 aromatic rings. The summed E-state index contributed by atoms with van der Waals surface area (Å²) in [4.78, 5) is 14.4. The molecule has 3 N–H and O–H groups in total. The van der Waals surface area contributed by atoms with Crippen LogP contribution in [-0.4, -0.2) is 31.1 Å². The Morgan fingerprint density at radius 1 is 1.48 bits per heavy atom. The molecule has 1 aromatic carbocycles. The second-order valence-corrected chi connectivity index (χ2v) is 5.17. The first-order valence-corrected chi connectivity index (χ1v) is 7.33. The molecule has 1 amide bonds. The summed E-state index contributed by atoms with van der Waals surface area (Å²) in [6.07, 6.45) is 5.29. The van der Waals surface area contributed by atoms with E-state index in [4.69, 9.17) is 5.21 Å². The number of hydroxylamine groups is 1. The maximum atomic E-state index is 11.0. The number of para-hydroxylation sites is 1. The van der Waals surface area contributed by atoms with Gasteiger partial charge in [0, 0.05) is 17.3 Å². The van der Waals surface area contributed by atoms with Gasteiger partial charge in [-0.25, -0.2) is 10.2 Å². The molecule has 23 heavy (non-hydrogen) atoms. The number of aromatic amines is 1. The molecular weight excluding hydrogens is 294 g/mol. The molecule has 0 saturated heterocycles. The third-order valence-electron chi connectivity index (χ3n) is 3.66. The van der Waals surface area contributed by atoms with Gasteiger partial charge in [0.1, 0.15) is 5.69 Å². The molecule has 2 heterocycles. The number of H-pyrrole nitrogens is 1. The number of hydrogen-bond donors (Lipinski definition) is 3. The zero-order valence-corrected chi connectivity index (χ0v) is 12.6. The molecule has 118 valence electrons. The number of fused-ring (bicyclic) bond motifs is 1. The van der Waals surface area contributed by atoms with Crippen LogP contribution in [-0.2, 0) is 4.79 Å². The van der Waals surface area contributed by atoms with Crippen molar-refractivity contribution in [3.05, 3.63) is 54.0 Å². The van der Waals surface area contributed by atoms with Gasteiger partial charge >= 0.3 is 0 Å². The molecular formula is C16H17N5O2. The van der Waals surface area contributed by atoms with E-state index in [1.165, 1.54) is 17.6 Å². The molecule has 0 spiro atoms. The lowest BCUT2D eigenvalue weighted by atomic mass is 10.1. The third kappa shape index (κ3) is 3.14. The fraction of sp³-hybridized carbons (Fsp3) is 0.188. The summed E-state index contributed by atoms with van der Waals surface area (Å²) >= 11 is 0. The van der Waals surface area contributed by atoms with E-state index in [-0.39, 0.29) is 6.04 Å². The van der Waals surface area contributed by atoms with E-state index in [2.05, 4.69) is 34.4 Å². The van der Waals surface area contributed by atoms with Crippen molar-refractivity contribution in [3.8, 4) is 0 Å². The predicted molar refractivity (Wildman–Crippen MR) is 85.7 cm³/mol. The van der Waals surface area contributed by atoms with Gasteiger partial charge in [-0.05, 0) is 30.0 Å². The van der Waals surface area contributed by atoms with E-state index in [0.29, 0.717) is 5.69 Å². The molecule has 0 aliphatic carbocycles. The van der Waals surface area contributed by atoms with E-state index in [0.717, 1.165) is 23.0 Å². The molecule has 7 nitrogen and oxygen atoms in total. The summed E-state index contributed by atoms with van der Waals surface area (Å²) < 4.78 is 1.77. The average molecular weight is 311 g/mol. The smallest absolute Gasteiger partial charge is 0.267 e. The van der Waals surface area contributed by atoms with Gasteiger partial charge in [-0.2, -0.15) is 0 Å². The largest absolute Gasteiger partial charge is 0.357 e. The van der Waals surface area contributed by atoms with E-state index in [1.54, 1.807) is 10.9 Å². The summed E-state index contributed by atoms with van der Waals surface area (Å²) in [5.41, 5.74) is 4.22. The highest BCUT2D eigenvalue weighted by molar-refractivity contribution is 5.90. The highest BCUT2D eigenvalue weighted by atomic mass is 16.5. The number of carbonyl (C=O) groups excluding carboxylic acids is 1. The minimum Gasteiger partial charge on any atom is -0.357 e. The zero-order chi connectivity index (χ0) is 16.2. The van der Waals surface area contributed by atoms with Crippen molar-refractivity contribution in [2.45, 2.75) is 19.4 Å². The zero-order valence-electron chi connectivity index (χ0n) is 12.6. The first-order valence-electron chi connectivity index (χ1n) is 7.33. The lowest BCUT2D eigenvalue weighted by Crippen LogP contribution is -2.14. The van der Waals surface area contributed by atoms with Crippen molar-refractivity contribution in [1.29, 1.82) is 0 Å². The Kier molecular flexibility index (Phi) is 4.20. The van der Waals surface area contributed by atoms with Crippen LogP contribution in [0.2, 0.25) is 0 Å². The monoisotopic (exact) mass is 311 g/mol. The number of nitrogens with zero attached hydrogens (tertiary/aromatic N) is 3.